The van der Waals surface area contributed by atoms with Crippen molar-refractivity contribution in [3.05, 3.63) is 59.1 Å². The summed E-state index contributed by atoms with van der Waals surface area (Å²) in [4.78, 5) is 12.5. The second-order valence-corrected chi connectivity index (χ2v) is 8.19. The molecule has 6 nitrogen and oxygen atoms in total. The molecule has 27 heavy (non-hydrogen) atoms. The Hall–Kier alpha value is -2.09. The van der Waals surface area contributed by atoms with E-state index in [2.05, 4.69) is 10.0 Å². The molecular formula is C19H23ClN2O4S. The Kier molecular flexibility index (Phi) is 7.24. The molecule has 0 spiro atoms. The van der Waals surface area contributed by atoms with E-state index in [1.165, 1.54) is 31.2 Å². The van der Waals surface area contributed by atoms with Gasteiger partial charge in [0.1, 0.15) is 5.75 Å². The lowest BCUT2D eigenvalue weighted by Crippen LogP contribution is -2.45. The average Bonchev–Trinajstić information content (AvgIpc) is 2.66. The first-order valence-electron chi connectivity index (χ1n) is 8.49. The molecule has 2 N–H and O–H groups in total. The Bertz CT molecular complexity index is 868. The van der Waals surface area contributed by atoms with Gasteiger partial charge in [-0.25, -0.2) is 8.42 Å². The van der Waals surface area contributed by atoms with E-state index >= 15 is 0 Å². The van der Waals surface area contributed by atoms with Gasteiger partial charge in [0.25, 0.3) is 0 Å². The standard InChI is InChI=1S/C19H23ClN2O4S/c1-4-18(14-5-9-16(26-3)10-6-14)21-19(23)13(2)22-27(24,25)17-11-7-15(20)8-12-17/h5-13,18,22H,4H2,1-3H3,(H,21,23)/t13-,18?/m0/s1. The van der Waals surface area contributed by atoms with Crippen LogP contribution in [0.25, 0.3) is 0 Å². The number of halogens is 1. The van der Waals surface area contributed by atoms with Crippen molar-refractivity contribution in [2.45, 2.75) is 37.2 Å². The highest BCUT2D eigenvalue weighted by Gasteiger charge is 2.24. The Labute approximate surface area is 164 Å². The number of sulfonamides is 1. The third-order valence-corrected chi connectivity index (χ3v) is 5.90. The Morgan fingerprint density at radius 3 is 2.22 bits per heavy atom. The summed E-state index contributed by atoms with van der Waals surface area (Å²) in [6, 6.07) is 12.0. The van der Waals surface area contributed by atoms with Crippen LogP contribution in [0.5, 0.6) is 5.75 Å². The molecule has 2 rings (SSSR count). The van der Waals surface area contributed by atoms with Crippen LogP contribution < -0.4 is 14.8 Å². The van der Waals surface area contributed by atoms with Crippen LogP contribution in [-0.4, -0.2) is 27.5 Å². The van der Waals surface area contributed by atoms with Crippen molar-refractivity contribution >= 4 is 27.5 Å². The molecule has 0 aromatic heterocycles. The van der Waals surface area contributed by atoms with Gasteiger partial charge in [-0.2, -0.15) is 4.72 Å². The maximum atomic E-state index is 12.5. The van der Waals surface area contributed by atoms with Crippen LogP contribution in [0, 0.1) is 0 Å². The fourth-order valence-corrected chi connectivity index (χ4v) is 3.85. The van der Waals surface area contributed by atoms with E-state index in [-0.39, 0.29) is 10.9 Å². The molecule has 0 aliphatic carbocycles. The summed E-state index contributed by atoms with van der Waals surface area (Å²) in [5, 5.41) is 3.31. The quantitative estimate of drug-likeness (QED) is 0.699. The first kappa shape index (κ1) is 21.2. The van der Waals surface area contributed by atoms with Crippen LogP contribution >= 0.6 is 11.6 Å². The highest BCUT2D eigenvalue weighted by molar-refractivity contribution is 7.89. The van der Waals surface area contributed by atoms with Crippen LogP contribution in [-0.2, 0) is 14.8 Å². The Morgan fingerprint density at radius 2 is 1.70 bits per heavy atom. The van der Waals surface area contributed by atoms with E-state index in [9.17, 15) is 13.2 Å². The molecule has 2 aromatic carbocycles. The maximum absolute atomic E-state index is 12.5. The summed E-state index contributed by atoms with van der Waals surface area (Å²) in [5.41, 5.74) is 0.916. The zero-order valence-corrected chi connectivity index (χ0v) is 17.0. The molecule has 0 heterocycles. The van der Waals surface area contributed by atoms with Gasteiger partial charge in [0.05, 0.1) is 24.1 Å². The predicted molar refractivity (Wildman–Crippen MR) is 105 cm³/mol. The molecule has 2 atom stereocenters. The lowest BCUT2D eigenvalue weighted by Gasteiger charge is -2.21. The molecule has 2 aromatic rings. The zero-order chi connectivity index (χ0) is 20.0. The molecule has 0 aliphatic heterocycles. The van der Waals surface area contributed by atoms with Gasteiger partial charge in [-0.3, -0.25) is 4.79 Å². The summed E-state index contributed by atoms with van der Waals surface area (Å²) < 4.78 is 32.3. The molecule has 8 heteroatoms. The normalized spacial score (nSPS) is 13.6. The number of carbonyl (C=O) groups excluding carboxylic acids is 1. The van der Waals surface area contributed by atoms with Crippen LogP contribution in [0.2, 0.25) is 5.02 Å². The fourth-order valence-electron chi connectivity index (χ4n) is 2.52. The highest BCUT2D eigenvalue weighted by atomic mass is 35.5. The summed E-state index contributed by atoms with van der Waals surface area (Å²) in [6.07, 6.45) is 0.661. The zero-order valence-electron chi connectivity index (χ0n) is 15.4. The second kappa shape index (κ2) is 9.21. The number of ether oxygens (including phenoxy) is 1. The lowest BCUT2D eigenvalue weighted by molar-refractivity contribution is -0.123. The molecule has 0 saturated heterocycles. The largest absolute Gasteiger partial charge is 0.497 e. The number of hydrogen-bond acceptors (Lipinski definition) is 4. The number of carbonyl (C=O) groups is 1. The van der Waals surface area contributed by atoms with Gasteiger partial charge in [0.2, 0.25) is 15.9 Å². The molecule has 0 bridgehead atoms. The van der Waals surface area contributed by atoms with Crippen LogP contribution in [0.15, 0.2) is 53.4 Å². The van der Waals surface area contributed by atoms with Crippen molar-refractivity contribution in [2.75, 3.05) is 7.11 Å². The minimum absolute atomic E-state index is 0.0498. The van der Waals surface area contributed by atoms with Gasteiger partial charge in [0.15, 0.2) is 0 Å². The van der Waals surface area contributed by atoms with Gasteiger partial charge in [0, 0.05) is 5.02 Å². The predicted octanol–water partition coefficient (Wildman–Crippen LogP) is 3.28. The molecule has 0 fully saturated rings. The maximum Gasteiger partial charge on any atom is 0.241 e. The van der Waals surface area contributed by atoms with Gasteiger partial charge in [-0.1, -0.05) is 30.7 Å². The molecule has 0 saturated carbocycles. The van der Waals surface area contributed by atoms with Crippen molar-refractivity contribution in [1.82, 2.24) is 10.0 Å². The SMILES string of the molecule is CCC(NC(=O)[C@H](C)NS(=O)(=O)c1ccc(Cl)cc1)c1ccc(OC)cc1. The monoisotopic (exact) mass is 410 g/mol. The van der Waals surface area contributed by atoms with Crippen molar-refractivity contribution in [2.24, 2.45) is 0 Å². The van der Waals surface area contributed by atoms with E-state index in [1.54, 1.807) is 7.11 Å². The second-order valence-electron chi connectivity index (χ2n) is 6.04. The smallest absolute Gasteiger partial charge is 0.241 e. The molecular weight excluding hydrogens is 388 g/mol. The first-order chi connectivity index (χ1) is 12.8. The average molecular weight is 411 g/mol. The number of hydrogen-bond donors (Lipinski definition) is 2. The van der Waals surface area contributed by atoms with Crippen LogP contribution in [0.1, 0.15) is 31.9 Å². The van der Waals surface area contributed by atoms with Gasteiger partial charge in [-0.15, -0.1) is 0 Å². The third-order valence-electron chi connectivity index (χ3n) is 4.09. The summed E-state index contributed by atoms with van der Waals surface area (Å²) >= 11 is 5.78. The van der Waals surface area contributed by atoms with Crippen LogP contribution in [0.3, 0.4) is 0 Å². The number of benzene rings is 2. The Balaban J connectivity index is 2.05. The number of nitrogens with one attached hydrogen (secondary N) is 2. The molecule has 0 aliphatic rings. The minimum Gasteiger partial charge on any atom is -0.497 e. The van der Waals surface area contributed by atoms with Crippen molar-refractivity contribution in [3.63, 3.8) is 0 Å². The third kappa shape index (κ3) is 5.69. The summed E-state index contributed by atoms with van der Waals surface area (Å²) in [7, 11) is -2.24. The summed E-state index contributed by atoms with van der Waals surface area (Å²) in [6.45, 7) is 3.45. The van der Waals surface area contributed by atoms with E-state index in [0.29, 0.717) is 11.4 Å². The van der Waals surface area contributed by atoms with Gasteiger partial charge < -0.3 is 10.1 Å². The molecule has 0 radical (unpaired) electrons. The fraction of sp³-hybridized carbons (Fsp3) is 0.316. The Morgan fingerprint density at radius 1 is 1.11 bits per heavy atom. The number of amides is 1. The van der Waals surface area contributed by atoms with Crippen molar-refractivity contribution in [3.8, 4) is 5.75 Å². The van der Waals surface area contributed by atoms with Crippen molar-refractivity contribution in [1.29, 1.82) is 0 Å². The number of methoxy groups -OCH3 is 1. The molecule has 1 unspecified atom stereocenters. The van der Waals surface area contributed by atoms with E-state index in [0.717, 1.165) is 11.3 Å². The molecule has 1 amide bonds. The minimum atomic E-state index is -3.82. The van der Waals surface area contributed by atoms with Gasteiger partial charge in [-0.05, 0) is 55.3 Å². The summed E-state index contributed by atoms with van der Waals surface area (Å²) in [5.74, 6) is 0.319. The first-order valence-corrected chi connectivity index (χ1v) is 10.3. The topological polar surface area (TPSA) is 84.5 Å². The molecule has 146 valence electrons. The van der Waals surface area contributed by atoms with E-state index in [4.69, 9.17) is 16.3 Å². The highest BCUT2D eigenvalue weighted by Crippen LogP contribution is 2.20. The van der Waals surface area contributed by atoms with E-state index < -0.39 is 22.0 Å². The van der Waals surface area contributed by atoms with Gasteiger partial charge >= 0.3 is 0 Å². The van der Waals surface area contributed by atoms with Crippen molar-refractivity contribution < 1.29 is 17.9 Å². The number of rotatable bonds is 8. The lowest BCUT2D eigenvalue weighted by atomic mass is 10.0. The van der Waals surface area contributed by atoms with Crippen LogP contribution in [0.4, 0.5) is 0 Å². The van der Waals surface area contributed by atoms with E-state index in [1.807, 2.05) is 31.2 Å².